The number of esters is 2. The van der Waals surface area contributed by atoms with E-state index in [1.54, 1.807) is 0 Å². The van der Waals surface area contributed by atoms with Crippen LogP contribution in [0.1, 0.15) is 72.1 Å². The van der Waals surface area contributed by atoms with Crippen LogP contribution in [0.2, 0.25) is 0 Å². The molecule has 0 amide bonds. The van der Waals surface area contributed by atoms with Gasteiger partial charge in [0.1, 0.15) is 0 Å². The van der Waals surface area contributed by atoms with Crippen molar-refractivity contribution < 1.29 is 28.5 Å². The summed E-state index contributed by atoms with van der Waals surface area (Å²) in [4.78, 5) is 24.7. The van der Waals surface area contributed by atoms with Gasteiger partial charge < -0.3 is 18.9 Å². The van der Waals surface area contributed by atoms with Crippen LogP contribution in [0.15, 0.2) is 0 Å². The molecule has 2 bridgehead atoms. The first-order valence-electron chi connectivity index (χ1n) is 11.4. The second-order valence-corrected chi connectivity index (χ2v) is 10.6. The number of ether oxygens (including phenoxy) is 4. The molecule has 0 aromatic carbocycles. The van der Waals surface area contributed by atoms with Gasteiger partial charge in [0.25, 0.3) is 0 Å². The van der Waals surface area contributed by atoms with Crippen molar-refractivity contribution in [1.82, 2.24) is 0 Å². The largest absolute Gasteiger partial charge is 0.465 e. The van der Waals surface area contributed by atoms with Gasteiger partial charge in [-0.15, -0.1) is 0 Å². The van der Waals surface area contributed by atoms with Gasteiger partial charge in [0.15, 0.2) is 0 Å². The van der Waals surface area contributed by atoms with Gasteiger partial charge in [-0.05, 0) is 49.9 Å². The van der Waals surface area contributed by atoms with Crippen molar-refractivity contribution >= 4 is 11.9 Å². The molecule has 6 nitrogen and oxygen atoms in total. The van der Waals surface area contributed by atoms with E-state index in [1.165, 1.54) is 0 Å². The minimum atomic E-state index is -0.187. The van der Waals surface area contributed by atoms with Crippen molar-refractivity contribution in [3.8, 4) is 0 Å². The molecule has 5 rings (SSSR count). The highest BCUT2D eigenvalue weighted by Crippen LogP contribution is 2.40. The van der Waals surface area contributed by atoms with Crippen LogP contribution in [0.25, 0.3) is 0 Å². The summed E-state index contributed by atoms with van der Waals surface area (Å²) in [5.74, 6) is 0.330. The summed E-state index contributed by atoms with van der Waals surface area (Å²) in [5.41, 5.74) is -0.187. The number of carbonyl (C=O) groups excluding carboxylic acids is 2. The Hall–Kier alpha value is -1.14. The fourth-order valence-electron chi connectivity index (χ4n) is 5.44. The lowest BCUT2D eigenvalue weighted by molar-refractivity contribution is -0.197. The summed E-state index contributed by atoms with van der Waals surface area (Å²) in [7, 11) is 0. The Kier molecular flexibility index (Phi) is 6.22. The Morgan fingerprint density at radius 1 is 1.00 bits per heavy atom. The van der Waals surface area contributed by atoms with Crippen molar-refractivity contribution in [2.75, 3.05) is 13.2 Å². The molecule has 6 heteroatoms. The van der Waals surface area contributed by atoms with Crippen molar-refractivity contribution in [3.63, 3.8) is 0 Å². The van der Waals surface area contributed by atoms with Crippen LogP contribution < -0.4 is 0 Å². The standard InChI is InChI=1S/C23H36O6/c1-14(12-27-22(25)15-5-7-18-20(8-15)29-18)10-23(2,3)11-21(24)26-13-16-4-6-17-9-19(16)28-17/h14-20H,4-13H2,1-3H3. The third kappa shape index (κ3) is 5.52. The van der Waals surface area contributed by atoms with Crippen LogP contribution in [-0.4, -0.2) is 49.6 Å². The lowest BCUT2D eigenvalue weighted by Gasteiger charge is -2.46. The Morgan fingerprint density at radius 3 is 2.48 bits per heavy atom. The smallest absolute Gasteiger partial charge is 0.309 e. The van der Waals surface area contributed by atoms with E-state index < -0.39 is 0 Å². The third-order valence-corrected chi connectivity index (χ3v) is 7.08. The zero-order chi connectivity index (χ0) is 20.6. The number of epoxide rings is 1. The van der Waals surface area contributed by atoms with E-state index in [4.69, 9.17) is 18.9 Å². The van der Waals surface area contributed by atoms with Gasteiger partial charge >= 0.3 is 11.9 Å². The molecule has 7 atom stereocenters. The van der Waals surface area contributed by atoms with Gasteiger partial charge in [0.2, 0.25) is 0 Å². The minimum Gasteiger partial charge on any atom is -0.465 e. The molecule has 0 radical (unpaired) electrons. The second-order valence-electron chi connectivity index (χ2n) is 10.6. The van der Waals surface area contributed by atoms with E-state index in [2.05, 4.69) is 20.8 Å². The van der Waals surface area contributed by atoms with Crippen LogP contribution in [0.4, 0.5) is 0 Å². The van der Waals surface area contributed by atoms with Gasteiger partial charge in [-0.2, -0.15) is 0 Å². The fraction of sp³-hybridized carbons (Fsp3) is 0.913. The maximum Gasteiger partial charge on any atom is 0.309 e. The predicted molar refractivity (Wildman–Crippen MR) is 106 cm³/mol. The Bertz CT molecular complexity index is 608. The summed E-state index contributed by atoms with van der Waals surface area (Å²) in [6, 6.07) is 0. The van der Waals surface area contributed by atoms with E-state index in [9.17, 15) is 9.59 Å². The van der Waals surface area contributed by atoms with Gasteiger partial charge in [0, 0.05) is 12.3 Å². The zero-order valence-electron chi connectivity index (χ0n) is 18.1. The van der Waals surface area contributed by atoms with Gasteiger partial charge in [-0.25, -0.2) is 0 Å². The maximum atomic E-state index is 12.3. The first-order chi connectivity index (χ1) is 13.8. The average molecular weight is 409 g/mol. The predicted octanol–water partition coefficient (Wildman–Crippen LogP) is 3.65. The van der Waals surface area contributed by atoms with E-state index in [1.807, 2.05) is 0 Å². The molecule has 0 aromatic rings. The molecular weight excluding hydrogens is 372 g/mol. The molecule has 29 heavy (non-hydrogen) atoms. The SMILES string of the molecule is CC(COC(=O)C1CCC2OC2C1)CC(C)(C)CC(=O)OCC1CCC2CC1O2. The van der Waals surface area contributed by atoms with E-state index in [0.29, 0.717) is 43.9 Å². The minimum absolute atomic E-state index is 0.0105. The first kappa shape index (κ1) is 21.1. The monoisotopic (exact) mass is 408 g/mol. The van der Waals surface area contributed by atoms with Crippen LogP contribution in [0, 0.1) is 23.2 Å². The molecule has 5 fully saturated rings. The number of fused-ring (bicyclic) bond motifs is 3. The Labute approximate surface area is 174 Å². The molecule has 3 aliphatic heterocycles. The second kappa shape index (κ2) is 8.54. The quantitative estimate of drug-likeness (QED) is 0.428. The molecule has 0 spiro atoms. The molecule has 164 valence electrons. The molecule has 3 saturated heterocycles. The van der Waals surface area contributed by atoms with Crippen LogP contribution in [-0.2, 0) is 28.5 Å². The van der Waals surface area contributed by atoms with Gasteiger partial charge in [-0.3, -0.25) is 9.59 Å². The number of rotatable bonds is 9. The molecule has 3 heterocycles. The maximum absolute atomic E-state index is 12.3. The van der Waals surface area contributed by atoms with E-state index in [-0.39, 0.29) is 35.3 Å². The van der Waals surface area contributed by atoms with Crippen molar-refractivity contribution in [2.24, 2.45) is 23.2 Å². The zero-order valence-corrected chi connectivity index (χ0v) is 18.1. The van der Waals surface area contributed by atoms with Gasteiger partial charge in [0.05, 0.1) is 50.0 Å². The molecule has 0 N–H and O–H groups in total. The third-order valence-electron chi connectivity index (χ3n) is 7.08. The lowest BCUT2D eigenvalue weighted by atomic mass is 9.80. The van der Waals surface area contributed by atoms with Gasteiger partial charge in [-0.1, -0.05) is 20.8 Å². The number of hydrogen-bond acceptors (Lipinski definition) is 6. The summed E-state index contributed by atoms with van der Waals surface area (Å²) >= 11 is 0. The lowest BCUT2D eigenvalue weighted by Crippen LogP contribution is -2.49. The Balaban J connectivity index is 1.12. The first-order valence-corrected chi connectivity index (χ1v) is 11.4. The van der Waals surface area contributed by atoms with Crippen molar-refractivity contribution in [2.45, 2.75) is 96.6 Å². The molecule has 7 unspecified atom stereocenters. The summed E-state index contributed by atoms with van der Waals surface area (Å²) in [5, 5.41) is 0. The van der Waals surface area contributed by atoms with Crippen LogP contribution in [0.5, 0.6) is 0 Å². The number of hydrogen-bond donors (Lipinski definition) is 0. The van der Waals surface area contributed by atoms with Crippen LogP contribution in [0.3, 0.4) is 0 Å². The molecule has 5 aliphatic rings. The highest BCUT2D eigenvalue weighted by Gasteiger charge is 2.46. The van der Waals surface area contributed by atoms with Crippen molar-refractivity contribution in [1.29, 1.82) is 0 Å². The summed E-state index contributed by atoms with van der Waals surface area (Å²) < 4.78 is 22.4. The molecule has 2 aliphatic carbocycles. The average Bonchev–Trinajstić information content (AvgIpc) is 3.42. The highest BCUT2D eigenvalue weighted by atomic mass is 16.6. The van der Waals surface area contributed by atoms with Crippen molar-refractivity contribution in [3.05, 3.63) is 0 Å². The summed E-state index contributed by atoms with van der Waals surface area (Å²) in [6.45, 7) is 7.13. The highest BCUT2D eigenvalue weighted by molar-refractivity contribution is 5.72. The number of carbonyl (C=O) groups is 2. The topological polar surface area (TPSA) is 74.4 Å². The Morgan fingerprint density at radius 2 is 1.79 bits per heavy atom. The molecule has 2 saturated carbocycles. The molecule has 0 aromatic heterocycles. The summed E-state index contributed by atoms with van der Waals surface area (Å²) in [6.07, 6.45) is 8.61. The fourth-order valence-corrected chi connectivity index (χ4v) is 5.44. The van der Waals surface area contributed by atoms with E-state index in [0.717, 1.165) is 44.9 Å². The normalized spacial score (nSPS) is 36.4. The molecular formula is C23H36O6. The van der Waals surface area contributed by atoms with E-state index >= 15 is 0 Å². The van der Waals surface area contributed by atoms with Crippen LogP contribution >= 0.6 is 0 Å².